The zero-order chi connectivity index (χ0) is 14.1. The van der Waals surface area contributed by atoms with Crippen LogP contribution in [0.3, 0.4) is 0 Å². The van der Waals surface area contributed by atoms with E-state index in [1.54, 1.807) is 0 Å². The Balaban J connectivity index is 2.15. The molecule has 19 heavy (non-hydrogen) atoms. The lowest BCUT2D eigenvalue weighted by atomic mass is 9.95. The smallest absolute Gasteiger partial charge is 0.323 e. The Morgan fingerprint density at radius 3 is 2.63 bits per heavy atom. The fraction of sp³-hybridized carbons (Fsp3) is 0.933. The highest BCUT2D eigenvalue weighted by Crippen LogP contribution is 2.30. The van der Waals surface area contributed by atoms with Crippen molar-refractivity contribution in [3.8, 4) is 0 Å². The standard InChI is InChI=1S/C15H29NO2S/c1-3-11-16-15(2,14(17)18)10-6-7-12-19-13-8-4-5-9-13/h13,16H,3-12H2,1-2H3,(H,17,18). The minimum absolute atomic E-state index is 0.718. The Morgan fingerprint density at radius 1 is 1.37 bits per heavy atom. The number of carboxylic acid groups (broad SMARTS) is 1. The predicted octanol–water partition coefficient (Wildman–Crippen LogP) is 3.68. The lowest BCUT2D eigenvalue weighted by Crippen LogP contribution is -2.49. The molecule has 1 fully saturated rings. The molecule has 1 aliphatic carbocycles. The topological polar surface area (TPSA) is 49.3 Å². The molecule has 1 rings (SSSR count). The number of carbonyl (C=O) groups is 1. The lowest BCUT2D eigenvalue weighted by Gasteiger charge is -2.26. The van der Waals surface area contributed by atoms with Crippen LogP contribution < -0.4 is 5.32 Å². The van der Waals surface area contributed by atoms with Crippen LogP contribution in [0.4, 0.5) is 0 Å². The monoisotopic (exact) mass is 287 g/mol. The third-order valence-corrected chi connectivity index (χ3v) is 5.43. The van der Waals surface area contributed by atoms with E-state index in [0.717, 1.165) is 37.5 Å². The second kappa shape index (κ2) is 8.85. The number of thioether (sulfide) groups is 1. The molecular formula is C15H29NO2S. The van der Waals surface area contributed by atoms with Gasteiger partial charge in [-0.2, -0.15) is 11.8 Å². The Bertz CT molecular complexity index is 267. The minimum Gasteiger partial charge on any atom is -0.480 e. The maximum atomic E-state index is 11.3. The summed E-state index contributed by atoms with van der Waals surface area (Å²) in [7, 11) is 0. The second-order valence-electron chi connectivity index (χ2n) is 5.80. The summed E-state index contributed by atoms with van der Waals surface area (Å²) in [5.74, 6) is 0.470. The molecule has 0 radical (unpaired) electrons. The maximum absolute atomic E-state index is 11.3. The fourth-order valence-corrected chi connectivity index (χ4v) is 3.93. The van der Waals surface area contributed by atoms with E-state index >= 15 is 0 Å². The number of hydrogen-bond donors (Lipinski definition) is 2. The molecule has 0 bridgehead atoms. The Hall–Kier alpha value is -0.220. The molecule has 0 aromatic heterocycles. The van der Waals surface area contributed by atoms with Crippen LogP contribution in [0.5, 0.6) is 0 Å². The van der Waals surface area contributed by atoms with Gasteiger partial charge in [0.25, 0.3) is 0 Å². The minimum atomic E-state index is -0.742. The number of hydrogen-bond acceptors (Lipinski definition) is 3. The van der Waals surface area contributed by atoms with E-state index in [4.69, 9.17) is 0 Å². The molecule has 1 saturated carbocycles. The van der Waals surface area contributed by atoms with E-state index in [1.807, 2.05) is 6.92 Å². The molecule has 3 nitrogen and oxygen atoms in total. The first-order valence-electron chi connectivity index (χ1n) is 7.68. The molecule has 0 aliphatic heterocycles. The zero-order valence-electron chi connectivity index (χ0n) is 12.4. The van der Waals surface area contributed by atoms with Gasteiger partial charge in [-0.25, -0.2) is 0 Å². The normalized spacial score (nSPS) is 19.5. The molecule has 1 atom stereocenters. The first kappa shape index (κ1) is 16.8. The van der Waals surface area contributed by atoms with Crippen molar-refractivity contribution >= 4 is 17.7 Å². The van der Waals surface area contributed by atoms with Gasteiger partial charge in [-0.15, -0.1) is 0 Å². The SMILES string of the molecule is CCCNC(C)(CCCCSC1CCCC1)C(=O)O. The van der Waals surface area contributed by atoms with Gasteiger partial charge < -0.3 is 10.4 Å². The van der Waals surface area contributed by atoms with Crippen molar-refractivity contribution in [3.05, 3.63) is 0 Å². The van der Waals surface area contributed by atoms with Crippen molar-refractivity contribution < 1.29 is 9.90 Å². The molecular weight excluding hydrogens is 258 g/mol. The molecule has 0 heterocycles. The van der Waals surface area contributed by atoms with E-state index in [0.29, 0.717) is 0 Å². The largest absolute Gasteiger partial charge is 0.480 e. The molecule has 0 spiro atoms. The highest BCUT2D eigenvalue weighted by Gasteiger charge is 2.31. The molecule has 0 amide bonds. The lowest BCUT2D eigenvalue weighted by molar-refractivity contribution is -0.144. The highest BCUT2D eigenvalue weighted by atomic mass is 32.2. The van der Waals surface area contributed by atoms with Crippen LogP contribution in [0.2, 0.25) is 0 Å². The number of unbranched alkanes of at least 4 members (excludes halogenated alkanes) is 1. The van der Waals surface area contributed by atoms with Gasteiger partial charge >= 0.3 is 5.97 Å². The van der Waals surface area contributed by atoms with Crippen LogP contribution in [-0.4, -0.2) is 34.2 Å². The summed E-state index contributed by atoms with van der Waals surface area (Å²) >= 11 is 2.09. The van der Waals surface area contributed by atoms with Gasteiger partial charge in [0, 0.05) is 5.25 Å². The third kappa shape index (κ3) is 6.17. The Morgan fingerprint density at radius 2 is 2.05 bits per heavy atom. The Kier molecular flexibility index (Phi) is 7.84. The van der Waals surface area contributed by atoms with Crippen LogP contribution in [0.25, 0.3) is 0 Å². The van der Waals surface area contributed by atoms with Crippen LogP contribution in [0.1, 0.15) is 65.2 Å². The summed E-state index contributed by atoms with van der Waals surface area (Å²) in [5.41, 5.74) is -0.742. The first-order chi connectivity index (χ1) is 9.08. The van der Waals surface area contributed by atoms with E-state index in [2.05, 4.69) is 24.0 Å². The zero-order valence-corrected chi connectivity index (χ0v) is 13.2. The van der Waals surface area contributed by atoms with Crippen LogP contribution in [0, 0.1) is 0 Å². The van der Waals surface area contributed by atoms with Gasteiger partial charge in [-0.05, 0) is 51.3 Å². The molecule has 0 saturated heterocycles. The van der Waals surface area contributed by atoms with Crippen LogP contribution in [-0.2, 0) is 4.79 Å². The van der Waals surface area contributed by atoms with Gasteiger partial charge in [0.2, 0.25) is 0 Å². The van der Waals surface area contributed by atoms with Gasteiger partial charge in [-0.1, -0.05) is 26.2 Å². The Labute approximate surface area is 121 Å². The molecule has 0 aromatic carbocycles. The maximum Gasteiger partial charge on any atom is 0.323 e. The quantitative estimate of drug-likeness (QED) is 0.602. The summed E-state index contributed by atoms with van der Waals surface area (Å²) in [6, 6.07) is 0. The van der Waals surface area contributed by atoms with Gasteiger partial charge in [-0.3, -0.25) is 4.79 Å². The van der Waals surface area contributed by atoms with Crippen LogP contribution >= 0.6 is 11.8 Å². The van der Waals surface area contributed by atoms with Gasteiger partial charge in [0.1, 0.15) is 5.54 Å². The molecule has 4 heteroatoms. The third-order valence-electron chi connectivity index (χ3n) is 3.96. The van der Waals surface area contributed by atoms with Crippen LogP contribution in [0.15, 0.2) is 0 Å². The number of carboxylic acids is 1. The highest BCUT2D eigenvalue weighted by molar-refractivity contribution is 7.99. The van der Waals surface area contributed by atoms with Crippen molar-refractivity contribution in [1.29, 1.82) is 0 Å². The molecule has 1 unspecified atom stereocenters. The summed E-state index contributed by atoms with van der Waals surface area (Å²) in [6.07, 6.45) is 9.40. The van der Waals surface area contributed by atoms with Gasteiger partial charge in [0.05, 0.1) is 0 Å². The molecule has 0 aromatic rings. The summed E-state index contributed by atoms with van der Waals surface area (Å²) < 4.78 is 0. The fourth-order valence-electron chi connectivity index (χ4n) is 2.56. The second-order valence-corrected chi connectivity index (χ2v) is 7.21. The first-order valence-corrected chi connectivity index (χ1v) is 8.73. The molecule has 2 N–H and O–H groups in total. The average Bonchev–Trinajstić information content (AvgIpc) is 2.89. The van der Waals surface area contributed by atoms with E-state index in [1.165, 1.54) is 31.4 Å². The van der Waals surface area contributed by atoms with Crippen molar-refractivity contribution in [2.45, 2.75) is 76.0 Å². The summed E-state index contributed by atoms with van der Waals surface area (Å²) in [5, 5.41) is 13.4. The summed E-state index contributed by atoms with van der Waals surface area (Å²) in [4.78, 5) is 11.3. The number of rotatable bonds is 10. The van der Waals surface area contributed by atoms with Gasteiger partial charge in [0.15, 0.2) is 0 Å². The van der Waals surface area contributed by atoms with Crippen molar-refractivity contribution in [2.75, 3.05) is 12.3 Å². The van der Waals surface area contributed by atoms with E-state index < -0.39 is 11.5 Å². The average molecular weight is 287 g/mol. The number of aliphatic carboxylic acids is 1. The van der Waals surface area contributed by atoms with Crippen molar-refractivity contribution in [2.24, 2.45) is 0 Å². The van der Waals surface area contributed by atoms with E-state index in [-0.39, 0.29) is 0 Å². The van der Waals surface area contributed by atoms with Crippen molar-refractivity contribution in [1.82, 2.24) is 5.32 Å². The van der Waals surface area contributed by atoms with E-state index in [9.17, 15) is 9.90 Å². The molecule has 1 aliphatic rings. The number of nitrogens with one attached hydrogen (secondary N) is 1. The van der Waals surface area contributed by atoms with Crippen molar-refractivity contribution in [3.63, 3.8) is 0 Å². The molecule has 112 valence electrons. The summed E-state index contributed by atoms with van der Waals surface area (Å²) in [6.45, 7) is 4.66. The predicted molar refractivity (Wildman–Crippen MR) is 82.9 cm³/mol.